The van der Waals surface area contributed by atoms with E-state index in [0.29, 0.717) is 17.8 Å². The van der Waals surface area contributed by atoms with Gasteiger partial charge in [0.2, 0.25) is 11.8 Å². The zero-order chi connectivity index (χ0) is 30.1. The Morgan fingerprint density at radius 2 is 1.40 bits per heavy atom. The van der Waals surface area contributed by atoms with Crippen LogP contribution >= 0.6 is 0 Å². The van der Waals surface area contributed by atoms with Gasteiger partial charge in [-0.3, -0.25) is 13.9 Å². The Kier molecular flexibility index (Phi) is 10.1. The van der Waals surface area contributed by atoms with Crippen LogP contribution in [0, 0.1) is 12.7 Å². The first-order valence-corrected chi connectivity index (χ1v) is 15.1. The number of nitrogens with zero attached hydrogens (tertiary/aromatic N) is 2. The quantitative estimate of drug-likeness (QED) is 0.250. The molecule has 1 N–H and O–H groups in total. The summed E-state index contributed by atoms with van der Waals surface area (Å²) in [5.74, 6) is -1.38. The molecule has 9 heteroatoms. The summed E-state index contributed by atoms with van der Waals surface area (Å²) in [6.45, 7) is 3.44. The van der Waals surface area contributed by atoms with Crippen LogP contribution in [0.1, 0.15) is 23.6 Å². The summed E-state index contributed by atoms with van der Waals surface area (Å²) in [4.78, 5) is 29.1. The third-order valence-corrected chi connectivity index (χ3v) is 8.61. The third-order valence-electron chi connectivity index (χ3n) is 6.82. The second-order valence-electron chi connectivity index (χ2n) is 9.91. The Balaban J connectivity index is 1.78. The molecular formula is C33H34FN3O4S. The van der Waals surface area contributed by atoms with Crippen molar-refractivity contribution in [2.75, 3.05) is 17.4 Å². The first-order chi connectivity index (χ1) is 20.2. The number of rotatable bonds is 12. The van der Waals surface area contributed by atoms with Crippen LogP contribution in [-0.4, -0.2) is 44.3 Å². The number of benzene rings is 4. The molecule has 1 atom stereocenters. The maximum Gasteiger partial charge on any atom is 0.264 e. The van der Waals surface area contributed by atoms with Crippen LogP contribution in [0.15, 0.2) is 114 Å². The van der Waals surface area contributed by atoms with E-state index >= 15 is 0 Å². The number of likely N-dealkylation sites (N-methyl/N-ethyl adjacent to an activating group) is 1. The number of carbonyl (C=O) groups is 2. The molecule has 4 aromatic carbocycles. The monoisotopic (exact) mass is 587 g/mol. The highest BCUT2D eigenvalue weighted by atomic mass is 32.2. The second kappa shape index (κ2) is 13.9. The molecule has 7 nitrogen and oxygen atoms in total. The average Bonchev–Trinajstić information content (AvgIpc) is 3.00. The zero-order valence-corrected chi connectivity index (χ0v) is 24.4. The van der Waals surface area contributed by atoms with Crippen molar-refractivity contribution < 1.29 is 22.4 Å². The summed E-state index contributed by atoms with van der Waals surface area (Å²) in [5, 5.41) is 2.82. The van der Waals surface area contributed by atoms with E-state index in [9.17, 15) is 22.4 Å². The van der Waals surface area contributed by atoms with Gasteiger partial charge in [-0.1, -0.05) is 78.4 Å². The number of hydrogen-bond acceptors (Lipinski definition) is 4. The fraction of sp³-hybridized carbons (Fsp3) is 0.212. The molecule has 0 aromatic heterocycles. The molecule has 0 saturated carbocycles. The smallest absolute Gasteiger partial charge is 0.264 e. The van der Waals surface area contributed by atoms with Crippen LogP contribution in [0.3, 0.4) is 0 Å². The van der Waals surface area contributed by atoms with Crippen LogP contribution in [0.2, 0.25) is 0 Å². The van der Waals surface area contributed by atoms with E-state index in [1.807, 2.05) is 37.3 Å². The largest absolute Gasteiger partial charge is 0.355 e. The van der Waals surface area contributed by atoms with Crippen molar-refractivity contribution in [3.8, 4) is 0 Å². The highest BCUT2D eigenvalue weighted by molar-refractivity contribution is 7.92. The summed E-state index contributed by atoms with van der Waals surface area (Å²) in [6, 6.07) is 28.8. The summed E-state index contributed by atoms with van der Waals surface area (Å²) in [6.07, 6.45) is 0.204. The van der Waals surface area contributed by atoms with Crippen LogP contribution in [0.25, 0.3) is 0 Å². The number of nitrogens with one attached hydrogen (secondary N) is 1. The van der Waals surface area contributed by atoms with Gasteiger partial charge in [-0.2, -0.15) is 0 Å². The number of anilines is 1. The van der Waals surface area contributed by atoms with Gasteiger partial charge >= 0.3 is 0 Å². The van der Waals surface area contributed by atoms with E-state index in [0.717, 1.165) is 15.4 Å². The maximum absolute atomic E-state index is 14.2. The lowest BCUT2D eigenvalue weighted by atomic mass is 10.0. The fourth-order valence-corrected chi connectivity index (χ4v) is 6.03. The second-order valence-corrected chi connectivity index (χ2v) is 11.8. The normalized spacial score (nSPS) is 11.9. The van der Waals surface area contributed by atoms with E-state index in [2.05, 4.69) is 5.32 Å². The molecule has 4 aromatic rings. The van der Waals surface area contributed by atoms with Crippen LogP contribution in [0.4, 0.5) is 10.1 Å². The Morgan fingerprint density at radius 3 is 2.00 bits per heavy atom. The van der Waals surface area contributed by atoms with E-state index in [1.165, 1.54) is 29.2 Å². The van der Waals surface area contributed by atoms with Gasteiger partial charge < -0.3 is 10.2 Å². The standard InChI is InChI=1S/C33H34FN3O4S/c1-3-35-33(39)31(22-26-10-6-4-7-11-26)36(23-27-16-18-28(34)19-17-27)32(38)24-37(29-20-14-25(2)15-21-29)42(40,41)30-12-8-5-9-13-30/h4-21,31H,3,22-24H2,1-2H3,(H,35,39)/t31-/m0/s1. The molecule has 0 aliphatic rings. The van der Waals surface area contributed by atoms with Crippen LogP contribution in [0.5, 0.6) is 0 Å². The molecule has 0 aliphatic heterocycles. The van der Waals surface area contributed by atoms with Gasteiger partial charge in [-0.05, 0) is 61.4 Å². The minimum absolute atomic E-state index is 0.0269. The van der Waals surface area contributed by atoms with Gasteiger partial charge in [0.15, 0.2) is 0 Å². The molecule has 42 heavy (non-hydrogen) atoms. The van der Waals surface area contributed by atoms with Crippen molar-refractivity contribution in [3.05, 3.63) is 132 Å². The molecule has 0 bridgehead atoms. The van der Waals surface area contributed by atoms with E-state index in [-0.39, 0.29) is 23.8 Å². The highest BCUT2D eigenvalue weighted by Crippen LogP contribution is 2.25. The number of carbonyl (C=O) groups excluding carboxylic acids is 2. The molecule has 4 rings (SSSR count). The Hall–Kier alpha value is -4.50. The number of amides is 2. The first-order valence-electron chi connectivity index (χ1n) is 13.7. The summed E-state index contributed by atoms with van der Waals surface area (Å²) < 4.78 is 42.6. The number of sulfonamides is 1. The molecule has 0 fully saturated rings. The predicted octanol–water partition coefficient (Wildman–Crippen LogP) is 5.11. The van der Waals surface area contributed by atoms with Gasteiger partial charge in [0.05, 0.1) is 10.6 Å². The fourth-order valence-electron chi connectivity index (χ4n) is 4.59. The van der Waals surface area contributed by atoms with Crippen molar-refractivity contribution in [1.82, 2.24) is 10.2 Å². The van der Waals surface area contributed by atoms with Gasteiger partial charge in [-0.25, -0.2) is 12.8 Å². The lowest BCUT2D eigenvalue weighted by molar-refractivity contribution is -0.140. The van der Waals surface area contributed by atoms with Crippen molar-refractivity contribution in [2.24, 2.45) is 0 Å². The summed E-state index contributed by atoms with van der Waals surface area (Å²) in [7, 11) is -4.15. The van der Waals surface area contributed by atoms with Crippen molar-refractivity contribution >= 4 is 27.5 Å². The molecule has 0 aliphatic carbocycles. The van der Waals surface area contributed by atoms with Gasteiger partial charge in [0, 0.05) is 19.5 Å². The van der Waals surface area contributed by atoms with E-state index in [1.54, 1.807) is 61.5 Å². The molecule has 0 unspecified atom stereocenters. The molecule has 0 heterocycles. The first kappa shape index (κ1) is 30.5. The Labute approximate surface area is 246 Å². The van der Waals surface area contributed by atoms with Crippen LogP contribution < -0.4 is 9.62 Å². The molecule has 0 radical (unpaired) electrons. The molecular weight excluding hydrogens is 553 g/mol. The highest BCUT2D eigenvalue weighted by Gasteiger charge is 2.34. The van der Waals surface area contributed by atoms with E-state index in [4.69, 9.17) is 0 Å². The molecule has 218 valence electrons. The maximum atomic E-state index is 14.2. The average molecular weight is 588 g/mol. The predicted molar refractivity (Wildman–Crippen MR) is 162 cm³/mol. The Morgan fingerprint density at radius 1 is 0.810 bits per heavy atom. The van der Waals surface area contributed by atoms with Crippen LogP contribution in [-0.2, 0) is 32.6 Å². The number of halogens is 1. The summed E-state index contributed by atoms with van der Waals surface area (Å²) >= 11 is 0. The van der Waals surface area contributed by atoms with Gasteiger partial charge in [0.1, 0.15) is 18.4 Å². The lowest BCUT2D eigenvalue weighted by Gasteiger charge is -2.33. The SMILES string of the molecule is CCNC(=O)[C@H](Cc1ccccc1)N(Cc1ccc(F)cc1)C(=O)CN(c1ccc(C)cc1)S(=O)(=O)c1ccccc1. The summed E-state index contributed by atoms with van der Waals surface area (Å²) in [5.41, 5.74) is 2.68. The minimum atomic E-state index is -4.15. The topological polar surface area (TPSA) is 86.8 Å². The van der Waals surface area contributed by atoms with Gasteiger partial charge in [0.25, 0.3) is 10.0 Å². The Bertz CT molecular complexity index is 1580. The minimum Gasteiger partial charge on any atom is -0.355 e. The van der Waals surface area contributed by atoms with E-state index < -0.39 is 34.3 Å². The zero-order valence-electron chi connectivity index (χ0n) is 23.6. The number of hydrogen-bond donors (Lipinski definition) is 1. The van der Waals surface area contributed by atoms with Crippen molar-refractivity contribution in [2.45, 2.75) is 37.8 Å². The molecule has 0 spiro atoms. The molecule has 0 saturated heterocycles. The van der Waals surface area contributed by atoms with Crippen molar-refractivity contribution in [3.63, 3.8) is 0 Å². The van der Waals surface area contributed by atoms with Gasteiger partial charge in [-0.15, -0.1) is 0 Å². The molecule has 2 amide bonds. The third kappa shape index (κ3) is 7.61. The van der Waals surface area contributed by atoms with Crippen molar-refractivity contribution in [1.29, 1.82) is 0 Å². The lowest BCUT2D eigenvalue weighted by Crippen LogP contribution is -2.53. The number of aryl methyl sites for hydroxylation is 1.